The fourth-order valence-corrected chi connectivity index (χ4v) is 6.00. The van der Waals surface area contributed by atoms with E-state index in [1.54, 1.807) is 0 Å². The van der Waals surface area contributed by atoms with Crippen LogP contribution in [0.4, 0.5) is 0 Å². The number of nitrogens with zero attached hydrogens (tertiary/aromatic N) is 2. The zero-order valence-electron chi connectivity index (χ0n) is 22.0. The number of rotatable bonds is 8. The minimum atomic E-state index is -0.446. The molecule has 3 heterocycles. The van der Waals surface area contributed by atoms with E-state index in [4.69, 9.17) is 14.5 Å². The number of amides is 1. The number of carbonyl (C=O) groups excluding carboxylic acids is 2. The lowest BCUT2D eigenvalue weighted by molar-refractivity contribution is -0.141. The molecule has 0 unspecified atom stereocenters. The Bertz CT molecular complexity index is 1310. The number of amidine groups is 1. The van der Waals surface area contributed by atoms with Crippen LogP contribution >= 0.6 is 11.8 Å². The van der Waals surface area contributed by atoms with Gasteiger partial charge in [0.15, 0.2) is 5.17 Å². The summed E-state index contributed by atoms with van der Waals surface area (Å²) in [7, 11) is 0. The van der Waals surface area contributed by atoms with Crippen molar-refractivity contribution in [1.82, 2.24) is 10.2 Å². The summed E-state index contributed by atoms with van der Waals surface area (Å²) in [4.78, 5) is 33.4. The van der Waals surface area contributed by atoms with Gasteiger partial charge in [-0.15, -0.1) is 0 Å². The third-order valence-electron chi connectivity index (χ3n) is 7.06. The molecule has 38 heavy (non-hydrogen) atoms. The molecule has 2 atom stereocenters. The van der Waals surface area contributed by atoms with Crippen molar-refractivity contribution in [2.75, 3.05) is 13.2 Å². The number of hydrogen-bond donors (Lipinski definition) is 1. The number of aliphatic imine (C=N–C) groups is 1. The zero-order valence-corrected chi connectivity index (χ0v) is 22.8. The molecule has 198 valence electrons. The molecule has 0 bridgehead atoms. The summed E-state index contributed by atoms with van der Waals surface area (Å²) in [6.45, 7) is 7.38. The Morgan fingerprint density at radius 3 is 2.74 bits per heavy atom. The molecule has 0 saturated carbocycles. The predicted molar refractivity (Wildman–Crippen MR) is 149 cm³/mol. The van der Waals surface area contributed by atoms with Gasteiger partial charge in [-0.25, -0.2) is 9.79 Å². The number of nitrogens with one attached hydrogen (secondary N) is 1. The van der Waals surface area contributed by atoms with Crippen molar-refractivity contribution in [2.45, 2.75) is 58.8 Å². The molecule has 2 aromatic carbocycles. The number of fused-ring (bicyclic) bond motifs is 1. The lowest BCUT2D eigenvalue weighted by atomic mass is 9.90. The van der Waals surface area contributed by atoms with E-state index in [0.717, 1.165) is 52.6 Å². The Balaban J connectivity index is 1.43. The normalized spacial score (nSPS) is 20.7. The topological polar surface area (TPSA) is 80.2 Å². The minimum Gasteiger partial charge on any atom is -0.457 e. The van der Waals surface area contributed by atoms with E-state index < -0.39 is 12.0 Å². The summed E-state index contributed by atoms with van der Waals surface area (Å²) in [5.41, 5.74) is 6.00. The Kier molecular flexibility index (Phi) is 8.00. The van der Waals surface area contributed by atoms with Crippen molar-refractivity contribution < 1.29 is 19.1 Å². The van der Waals surface area contributed by atoms with Crippen LogP contribution in [0.5, 0.6) is 0 Å². The van der Waals surface area contributed by atoms with E-state index in [1.165, 1.54) is 11.8 Å². The summed E-state index contributed by atoms with van der Waals surface area (Å²) in [6, 6.07) is 15.4. The SMILES string of the molecule is CC1=C(C(=O)OCc2ccccc2)[C@H](c2cc(C)ccc2C)N2C(CC(=O)NC[C@H]3CCCO3)=CSC2=N1. The summed E-state index contributed by atoms with van der Waals surface area (Å²) in [6.07, 6.45) is 2.26. The molecule has 1 fully saturated rings. The molecule has 0 aliphatic carbocycles. The van der Waals surface area contributed by atoms with Crippen LogP contribution in [-0.4, -0.2) is 41.2 Å². The first-order valence-corrected chi connectivity index (χ1v) is 13.9. The standard InChI is InChI=1S/C30H33N3O4S/c1-19-11-12-20(2)25(14-19)28-27(29(35)37-17-22-8-5-4-6-9-22)21(3)32-30-33(28)23(18-38-30)15-26(34)31-16-24-10-7-13-36-24/h4-6,8-9,11-12,14,18,24,28H,7,10,13,15-17H2,1-3H3,(H,31,34)/t24-,28+/m1/s1. The number of benzene rings is 2. The summed E-state index contributed by atoms with van der Waals surface area (Å²) < 4.78 is 11.5. The number of allylic oxidation sites excluding steroid dienone is 1. The molecule has 3 aliphatic heterocycles. The molecule has 8 heteroatoms. The van der Waals surface area contributed by atoms with Gasteiger partial charge in [0.25, 0.3) is 0 Å². The molecule has 5 rings (SSSR count). The predicted octanol–water partition coefficient (Wildman–Crippen LogP) is 5.31. The van der Waals surface area contributed by atoms with Crippen molar-refractivity contribution in [3.63, 3.8) is 0 Å². The molecule has 0 radical (unpaired) electrons. The fraction of sp³-hybridized carbons (Fsp3) is 0.367. The van der Waals surface area contributed by atoms with Crippen molar-refractivity contribution in [1.29, 1.82) is 0 Å². The number of esters is 1. The monoisotopic (exact) mass is 531 g/mol. The first kappa shape index (κ1) is 26.3. The molecule has 3 aliphatic rings. The van der Waals surface area contributed by atoms with Crippen LogP contribution in [-0.2, 0) is 25.7 Å². The molecular formula is C30H33N3O4S. The van der Waals surface area contributed by atoms with Gasteiger partial charge in [-0.05, 0) is 55.7 Å². The lowest BCUT2D eigenvalue weighted by Crippen LogP contribution is -2.39. The van der Waals surface area contributed by atoms with E-state index in [1.807, 2.05) is 61.4 Å². The van der Waals surface area contributed by atoms with Crippen LogP contribution in [0.25, 0.3) is 0 Å². The fourth-order valence-electron chi connectivity index (χ4n) is 5.04. The Morgan fingerprint density at radius 1 is 1.16 bits per heavy atom. The van der Waals surface area contributed by atoms with Crippen LogP contribution < -0.4 is 5.32 Å². The van der Waals surface area contributed by atoms with E-state index in [2.05, 4.69) is 23.5 Å². The highest BCUT2D eigenvalue weighted by molar-refractivity contribution is 8.16. The zero-order chi connectivity index (χ0) is 26.6. The van der Waals surface area contributed by atoms with Gasteiger partial charge in [-0.3, -0.25) is 4.79 Å². The first-order chi connectivity index (χ1) is 18.4. The van der Waals surface area contributed by atoms with Gasteiger partial charge in [0.2, 0.25) is 5.91 Å². The molecule has 1 amide bonds. The van der Waals surface area contributed by atoms with Crippen molar-refractivity contribution in [3.05, 3.63) is 93.2 Å². The van der Waals surface area contributed by atoms with Gasteiger partial charge in [0.05, 0.1) is 29.8 Å². The van der Waals surface area contributed by atoms with Crippen LogP contribution in [0.1, 0.15) is 54.5 Å². The highest BCUT2D eigenvalue weighted by Crippen LogP contribution is 2.45. The average Bonchev–Trinajstić information content (AvgIpc) is 3.57. The number of ether oxygens (including phenoxy) is 2. The summed E-state index contributed by atoms with van der Waals surface area (Å²) in [5, 5.41) is 5.74. The van der Waals surface area contributed by atoms with Crippen molar-refractivity contribution in [2.24, 2.45) is 4.99 Å². The number of hydrogen-bond acceptors (Lipinski definition) is 7. The van der Waals surface area contributed by atoms with E-state index in [9.17, 15) is 9.59 Å². The quantitative estimate of drug-likeness (QED) is 0.465. The van der Waals surface area contributed by atoms with Crippen molar-refractivity contribution >= 4 is 28.8 Å². The average molecular weight is 532 g/mol. The summed E-state index contributed by atoms with van der Waals surface area (Å²) >= 11 is 1.48. The van der Waals surface area contributed by atoms with Gasteiger partial charge >= 0.3 is 5.97 Å². The Labute approximate surface area is 228 Å². The molecule has 0 spiro atoms. The second-order valence-corrected chi connectivity index (χ2v) is 10.8. The van der Waals surface area contributed by atoms with Gasteiger partial charge in [0, 0.05) is 18.8 Å². The van der Waals surface area contributed by atoms with Crippen LogP contribution in [0.2, 0.25) is 0 Å². The third-order valence-corrected chi connectivity index (χ3v) is 7.94. The smallest absolute Gasteiger partial charge is 0.338 e. The first-order valence-electron chi connectivity index (χ1n) is 13.0. The largest absolute Gasteiger partial charge is 0.457 e. The maximum atomic E-state index is 13.6. The van der Waals surface area contributed by atoms with Crippen LogP contribution in [0, 0.1) is 13.8 Å². The molecule has 7 nitrogen and oxygen atoms in total. The van der Waals surface area contributed by atoms with Gasteiger partial charge in [-0.2, -0.15) is 0 Å². The molecule has 2 aromatic rings. The maximum Gasteiger partial charge on any atom is 0.338 e. The maximum absolute atomic E-state index is 13.6. The molecule has 0 aromatic heterocycles. The minimum absolute atomic E-state index is 0.0761. The number of aryl methyl sites for hydroxylation is 2. The second kappa shape index (κ2) is 11.6. The second-order valence-electron chi connectivity index (χ2n) is 9.93. The van der Waals surface area contributed by atoms with Crippen LogP contribution in [0.15, 0.2) is 75.9 Å². The number of carbonyl (C=O) groups is 2. The van der Waals surface area contributed by atoms with E-state index in [-0.39, 0.29) is 25.0 Å². The summed E-state index contributed by atoms with van der Waals surface area (Å²) in [5.74, 6) is -0.480. The van der Waals surface area contributed by atoms with Gasteiger partial charge < -0.3 is 19.7 Å². The third kappa shape index (κ3) is 5.71. The highest BCUT2D eigenvalue weighted by Gasteiger charge is 2.41. The van der Waals surface area contributed by atoms with E-state index in [0.29, 0.717) is 17.8 Å². The van der Waals surface area contributed by atoms with Crippen LogP contribution in [0.3, 0.4) is 0 Å². The Morgan fingerprint density at radius 2 is 1.97 bits per heavy atom. The van der Waals surface area contributed by atoms with E-state index >= 15 is 0 Å². The Hall–Kier alpha value is -3.36. The highest BCUT2D eigenvalue weighted by atomic mass is 32.2. The number of thioether (sulfide) groups is 1. The van der Waals surface area contributed by atoms with Crippen molar-refractivity contribution in [3.8, 4) is 0 Å². The molecule has 1 saturated heterocycles. The van der Waals surface area contributed by atoms with Gasteiger partial charge in [-0.1, -0.05) is 65.9 Å². The molecular weight excluding hydrogens is 498 g/mol. The lowest BCUT2D eigenvalue weighted by Gasteiger charge is -2.37. The molecule has 1 N–H and O–H groups in total. The van der Waals surface area contributed by atoms with Gasteiger partial charge in [0.1, 0.15) is 6.61 Å².